The minimum atomic E-state index is 0.601. The number of fused-ring (bicyclic) bond motifs is 1. The monoisotopic (exact) mass is 137 g/mol. The lowest BCUT2D eigenvalue weighted by Gasteiger charge is -2.21. The maximum atomic E-state index is 4.15. The molecule has 0 spiro atoms. The third-order valence-electron chi connectivity index (χ3n) is 1.88. The number of nitrogens with one attached hydrogen (secondary N) is 1. The summed E-state index contributed by atoms with van der Waals surface area (Å²) in [5, 5.41) is 7.49. The number of anilines is 1. The average Bonchev–Trinajstić information content (AvgIpc) is 2.33. The molecule has 0 bridgehead atoms. The van der Waals surface area contributed by atoms with E-state index in [0.717, 1.165) is 12.4 Å². The first-order chi connectivity index (χ1) is 4.86. The smallest absolute Gasteiger partial charge is 0.124 e. The van der Waals surface area contributed by atoms with Crippen LogP contribution in [0.2, 0.25) is 0 Å². The number of hydrogen-bond donors (Lipinski definition) is 1. The van der Waals surface area contributed by atoms with Crippen molar-refractivity contribution in [1.82, 2.24) is 9.78 Å². The number of aromatic nitrogens is 2. The highest BCUT2D eigenvalue weighted by Gasteiger charge is 2.12. The summed E-state index contributed by atoms with van der Waals surface area (Å²) in [6.07, 6.45) is 3.01. The first kappa shape index (κ1) is 5.77. The second kappa shape index (κ2) is 2.01. The Kier molecular flexibility index (Phi) is 1.16. The molecule has 1 N–H and O–H groups in total. The van der Waals surface area contributed by atoms with E-state index in [1.165, 1.54) is 6.42 Å². The zero-order valence-electron chi connectivity index (χ0n) is 6.04. The van der Waals surface area contributed by atoms with Crippen molar-refractivity contribution in [2.75, 3.05) is 5.32 Å². The molecule has 1 aromatic rings. The van der Waals surface area contributed by atoms with Crippen molar-refractivity contribution >= 4 is 5.82 Å². The van der Waals surface area contributed by atoms with E-state index in [-0.39, 0.29) is 0 Å². The van der Waals surface area contributed by atoms with Gasteiger partial charge in [-0.15, -0.1) is 0 Å². The minimum absolute atomic E-state index is 0.601. The van der Waals surface area contributed by atoms with Crippen LogP contribution in [0, 0.1) is 0 Å². The van der Waals surface area contributed by atoms with Crippen molar-refractivity contribution in [1.29, 1.82) is 0 Å². The maximum absolute atomic E-state index is 4.15. The van der Waals surface area contributed by atoms with Crippen LogP contribution in [-0.2, 0) is 6.54 Å². The zero-order valence-corrected chi connectivity index (χ0v) is 6.04. The van der Waals surface area contributed by atoms with Gasteiger partial charge in [0.1, 0.15) is 5.82 Å². The fraction of sp³-hybridized carbons (Fsp3) is 0.571. The molecule has 1 aliphatic heterocycles. The fourth-order valence-electron chi connectivity index (χ4n) is 1.27. The van der Waals surface area contributed by atoms with E-state index in [1.807, 2.05) is 16.9 Å². The van der Waals surface area contributed by atoms with Gasteiger partial charge in [-0.3, -0.25) is 0 Å². The molecule has 0 saturated carbocycles. The highest BCUT2D eigenvalue weighted by atomic mass is 15.3. The van der Waals surface area contributed by atoms with Gasteiger partial charge >= 0.3 is 0 Å². The van der Waals surface area contributed by atoms with E-state index in [2.05, 4.69) is 17.3 Å². The molecular weight excluding hydrogens is 126 g/mol. The highest BCUT2D eigenvalue weighted by molar-refractivity contribution is 5.36. The van der Waals surface area contributed by atoms with Crippen molar-refractivity contribution in [2.45, 2.75) is 25.9 Å². The van der Waals surface area contributed by atoms with Gasteiger partial charge in [0.05, 0.1) is 6.20 Å². The third kappa shape index (κ3) is 0.781. The van der Waals surface area contributed by atoms with Crippen LogP contribution in [-0.4, -0.2) is 15.8 Å². The SMILES string of the molecule is C[C@H]1CCn2nccc2N1. The fourth-order valence-corrected chi connectivity index (χ4v) is 1.27. The van der Waals surface area contributed by atoms with Crippen LogP contribution in [0.4, 0.5) is 5.82 Å². The van der Waals surface area contributed by atoms with Crippen LogP contribution in [0.5, 0.6) is 0 Å². The Balaban J connectivity index is 2.30. The number of aryl methyl sites for hydroxylation is 1. The van der Waals surface area contributed by atoms with Crippen LogP contribution in [0.1, 0.15) is 13.3 Å². The summed E-state index contributed by atoms with van der Waals surface area (Å²) in [5.41, 5.74) is 0. The van der Waals surface area contributed by atoms with E-state index in [9.17, 15) is 0 Å². The lowest BCUT2D eigenvalue weighted by molar-refractivity contribution is 0.512. The Bertz CT molecular complexity index is 229. The van der Waals surface area contributed by atoms with Crippen LogP contribution in [0.3, 0.4) is 0 Å². The molecule has 3 heteroatoms. The van der Waals surface area contributed by atoms with E-state index < -0.39 is 0 Å². The Morgan fingerprint density at radius 2 is 2.70 bits per heavy atom. The Hall–Kier alpha value is -0.990. The van der Waals surface area contributed by atoms with E-state index >= 15 is 0 Å². The van der Waals surface area contributed by atoms with Gasteiger partial charge < -0.3 is 5.32 Å². The second-order valence-corrected chi connectivity index (χ2v) is 2.77. The molecule has 0 aromatic carbocycles. The summed E-state index contributed by atoms with van der Waals surface area (Å²) in [6, 6.07) is 2.61. The van der Waals surface area contributed by atoms with Crippen LogP contribution < -0.4 is 5.32 Å². The summed E-state index contributed by atoms with van der Waals surface area (Å²) in [4.78, 5) is 0. The Morgan fingerprint density at radius 3 is 3.60 bits per heavy atom. The molecule has 10 heavy (non-hydrogen) atoms. The number of nitrogens with zero attached hydrogens (tertiary/aromatic N) is 2. The molecule has 0 aliphatic carbocycles. The van der Waals surface area contributed by atoms with Crippen molar-refractivity contribution in [2.24, 2.45) is 0 Å². The molecule has 0 fully saturated rings. The number of hydrogen-bond acceptors (Lipinski definition) is 2. The Labute approximate surface area is 60.0 Å². The average molecular weight is 137 g/mol. The van der Waals surface area contributed by atoms with Gasteiger partial charge in [-0.2, -0.15) is 5.10 Å². The van der Waals surface area contributed by atoms with Gasteiger partial charge in [0.25, 0.3) is 0 Å². The second-order valence-electron chi connectivity index (χ2n) is 2.77. The molecule has 1 aromatic heterocycles. The van der Waals surface area contributed by atoms with E-state index in [4.69, 9.17) is 0 Å². The van der Waals surface area contributed by atoms with Crippen molar-refractivity contribution < 1.29 is 0 Å². The molecule has 1 aliphatic rings. The summed E-state index contributed by atoms with van der Waals surface area (Å²) >= 11 is 0. The molecule has 0 amide bonds. The van der Waals surface area contributed by atoms with Crippen molar-refractivity contribution in [3.63, 3.8) is 0 Å². The lowest BCUT2D eigenvalue weighted by atomic mass is 10.2. The highest BCUT2D eigenvalue weighted by Crippen LogP contribution is 2.15. The van der Waals surface area contributed by atoms with Crippen molar-refractivity contribution in [3.05, 3.63) is 12.3 Å². The van der Waals surface area contributed by atoms with Crippen LogP contribution >= 0.6 is 0 Å². The molecule has 0 radical (unpaired) electrons. The van der Waals surface area contributed by atoms with E-state index in [0.29, 0.717) is 6.04 Å². The van der Waals surface area contributed by atoms with Gasteiger partial charge in [-0.1, -0.05) is 0 Å². The molecule has 3 nitrogen and oxygen atoms in total. The predicted octanol–water partition coefficient (Wildman–Crippen LogP) is 1.09. The predicted molar refractivity (Wildman–Crippen MR) is 39.9 cm³/mol. The lowest BCUT2D eigenvalue weighted by Crippen LogP contribution is -2.25. The first-order valence-electron chi connectivity index (χ1n) is 3.64. The molecule has 0 unspecified atom stereocenters. The molecule has 2 rings (SSSR count). The standard InChI is InChI=1S/C7H11N3/c1-6-3-5-10-7(9-6)2-4-8-10/h2,4,6,9H,3,5H2,1H3/t6-/m0/s1. The minimum Gasteiger partial charge on any atom is -0.368 e. The molecule has 54 valence electrons. The summed E-state index contributed by atoms with van der Waals surface area (Å²) < 4.78 is 2.00. The molecular formula is C7H11N3. The third-order valence-corrected chi connectivity index (χ3v) is 1.88. The van der Waals surface area contributed by atoms with Gasteiger partial charge in [0, 0.05) is 18.7 Å². The topological polar surface area (TPSA) is 29.9 Å². The normalized spacial score (nSPS) is 23.5. The van der Waals surface area contributed by atoms with Gasteiger partial charge in [-0.05, 0) is 13.3 Å². The van der Waals surface area contributed by atoms with Crippen LogP contribution in [0.15, 0.2) is 12.3 Å². The number of rotatable bonds is 0. The molecule has 1 atom stereocenters. The summed E-state index contributed by atoms with van der Waals surface area (Å²) in [7, 11) is 0. The Morgan fingerprint density at radius 1 is 1.80 bits per heavy atom. The summed E-state index contributed by atoms with van der Waals surface area (Å²) in [5.74, 6) is 1.15. The first-order valence-corrected chi connectivity index (χ1v) is 3.64. The van der Waals surface area contributed by atoms with Gasteiger partial charge in [-0.25, -0.2) is 4.68 Å². The van der Waals surface area contributed by atoms with Crippen molar-refractivity contribution in [3.8, 4) is 0 Å². The molecule has 2 heterocycles. The quantitative estimate of drug-likeness (QED) is 0.580. The van der Waals surface area contributed by atoms with Gasteiger partial charge in [0.2, 0.25) is 0 Å². The maximum Gasteiger partial charge on any atom is 0.124 e. The zero-order chi connectivity index (χ0) is 6.97. The van der Waals surface area contributed by atoms with Crippen LogP contribution in [0.25, 0.3) is 0 Å². The molecule has 0 saturated heterocycles. The largest absolute Gasteiger partial charge is 0.368 e. The summed E-state index contributed by atoms with van der Waals surface area (Å²) in [6.45, 7) is 3.24. The van der Waals surface area contributed by atoms with Gasteiger partial charge in [0.15, 0.2) is 0 Å². The van der Waals surface area contributed by atoms with E-state index in [1.54, 1.807) is 0 Å².